The highest BCUT2D eigenvalue weighted by Gasteiger charge is 2.31. The number of amides is 2. The number of hydrogen-bond acceptors (Lipinski definition) is 4. The third-order valence-corrected chi connectivity index (χ3v) is 6.95. The third kappa shape index (κ3) is 7.58. The van der Waals surface area contributed by atoms with Crippen LogP contribution in [0.4, 0.5) is 10.1 Å². The lowest BCUT2D eigenvalue weighted by Crippen LogP contribution is -2.52. The van der Waals surface area contributed by atoms with Crippen molar-refractivity contribution in [3.05, 3.63) is 63.9 Å². The van der Waals surface area contributed by atoms with Gasteiger partial charge in [-0.05, 0) is 54.8 Å². The van der Waals surface area contributed by atoms with E-state index in [9.17, 15) is 22.4 Å². The molecule has 0 aliphatic carbocycles. The van der Waals surface area contributed by atoms with E-state index in [1.165, 1.54) is 17.0 Å². The first kappa shape index (κ1) is 27.9. The molecule has 0 aliphatic heterocycles. The van der Waals surface area contributed by atoms with Gasteiger partial charge in [0.1, 0.15) is 18.4 Å². The molecule has 7 nitrogen and oxygen atoms in total. The van der Waals surface area contributed by atoms with Crippen molar-refractivity contribution in [1.29, 1.82) is 0 Å². The Morgan fingerprint density at radius 1 is 1.06 bits per heavy atom. The smallest absolute Gasteiger partial charge is 0.244 e. The lowest BCUT2D eigenvalue weighted by Gasteiger charge is -2.33. The van der Waals surface area contributed by atoms with Gasteiger partial charge < -0.3 is 10.2 Å². The van der Waals surface area contributed by atoms with Crippen LogP contribution in [0.2, 0.25) is 10.0 Å². The fourth-order valence-corrected chi connectivity index (χ4v) is 4.51. The molecule has 1 atom stereocenters. The molecule has 11 heteroatoms. The highest BCUT2D eigenvalue weighted by Crippen LogP contribution is 2.25. The average Bonchev–Trinajstić information content (AvgIpc) is 2.78. The molecule has 0 saturated heterocycles. The molecule has 0 radical (unpaired) electrons. The monoisotopic (exact) mass is 531 g/mol. The second-order valence-corrected chi connectivity index (χ2v) is 10.5. The summed E-state index contributed by atoms with van der Waals surface area (Å²) in [5, 5.41) is 3.43. The van der Waals surface area contributed by atoms with Gasteiger partial charge in [0.15, 0.2) is 0 Å². The van der Waals surface area contributed by atoms with E-state index in [4.69, 9.17) is 23.2 Å². The van der Waals surface area contributed by atoms with Crippen molar-refractivity contribution in [1.82, 2.24) is 10.2 Å². The summed E-state index contributed by atoms with van der Waals surface area (Å²) >= 11 is 12.1. The normalized spacial score (nSPS) is 12.2. The van der Waals surface area contributed by atoms with Gasteiger partial charge in [-0.3, -0.25) is 13.9 Å². The number of sulfonamides is 1. The van der Waals surface area contributed by atoms with E-state index in [1.54, 1.807) is 25.1 Å². The Hall–Kier alpha value is -2.36. The molecule has 34 heavy (non-hydrogen) atoms. The van der Waals surface area contributed by atoms with Crippen molar-refractivity contribution in [3.8, 4) is 0 Å². The summed E-state index contributed by atoms with van der Waals surface area (Å²) in [4.78, 5) is 27.7. The van der Waals surface area contributed by atoms with E-state index in [2.05, 4.69) is 5.32 Å². The number of benzene rings is 2. The molecule has 0 aromatic heterocycles. The lowest BCUT2D eigenvalue weighted by atomic mass is 10.1. The highest BCUT2D eigenvalue weighted by atomic mass is 35.5. The number of anilines is 1. The molecule has 1 N–H and O–H groups in total. The molecule has 0 saturated carbocycles. The molecule has 2 amide bonds. The summed E-state index contributed by atoms with van der Waals surface area (Å²) in [6.45, 7) is 3.56. The molecular weight excluding hydrogens is 504 g/mol. The zero-order valence-electron chi connectivity index (χ0n) is 19.2. The minimum atomic E-state index is -3.89. The molecule has 186 valence electrons. The summed E-state index contributed by atoms with van der Waals surface area (Å²) in [5.41, 5.74) is 0.757. The number of carbonyl (C=O) groups is 2. The van der Waals surface area contributed by atoms with Crippen LogP contribution in [0.1, 0.15) is 32.3 Å². The van der Waals surface area contributed by atoms with Crippen LogP contribution in [0, 0.1) is 5.82 Å². The van der Waals surface area contributed by atoms with E-state index in [-0.39, 0.29) is 18.1 Å². The van der Waals surface area contributed by atoms with E-state index < -0.39 is 34.3 Å². The van der Waals surface area contributed by atoms with Gasteiger partial charge >= 0.3 is 0 Å². The topological polar surface area (TPSA) is 86.8 Å². The van der Waals surface area contributed by atoms with Crippen LogP contribution in [0.15, 0.2) is 42.5 Å². The quantitative estimate of drug-likeness (QED) is 0.469. The fourth-order valence-electron chi connectivity index (χ4n) is 3.34. The third-order valence-electron chi connectivity index (χ3n) is 5.07. The number of carbonyl (C=O) groups excluding carboxylic acids is 2. The van der Waals surface area contributed by atoms with Crippen molar-refractivity contribution in [2.45, 2.75) is 39.3 Å². The van der Waals surface area contributed by atoms with E-state index in [0.29, 0.717) is 28.6 Å². The molecular formula is C23H28Cl2FN3O4S. The van der Waals surface area contributed by atoms with Crippen LogP contribution in [-0.2, 0) is 26.2 Å². The number of nitrogens with zero attached hydrogens (tertiary/aromatic N) is 2. The van der Waals surface area contributed by atoms with Crippen LogP contribution in [0.3, 0.4) is 0 Å². The predicted molar refractivity (Wildman–Crippen MR) is 133 cm³/mol. The Kier molecular flexibility index (Phi) is 10.1. The largest absolute Gasteiger partial charge is 0.354 e. The van der Waals surface area contributed by atoms with E-state index in [0.717, 1.165) is 29.1 Å². The summed E-state index contributed by atoms with van der Waals surface area (Å²) in [6, 6.07) is 8.78. The van der Waals surface area contributed by atoms with Gasteiger partial charge in [-0.1, -0.05) is 43.1 Å². The maximum atomic E-state index is 13.5. The first-order valence-electron chi connectivity index (χ1n) is 10.7. The minimum Gasteiger partial charge on any atom is -0.354 e. The molecule has 0 unspecified atom stereocenters. The molecule has 0 fully saturated rings. The van der Waals surface area contributed by atoms with Crippen molar-refractivity contribution in [3.63, 3.8) is 0 Å². The summed E-state index contributed by atoms with van der Waals surface area (Å²) in [6.07, 6.45) is 1.98. The van der Waals surface area contributed by atoms with Crippen molar-refractivity contribution < 1.29 is 22.4 Å². The lowest BCUT2D eigenvalue weighted by molar-refractivity contribution is -0.140. The number of nitrogens with one attached hydrogen (secondary N) is 1. The number of rotatable bonds is 11. The Labute approximate surface area is 209 Å². The van der Waals surface area contributed by atoms with Crippen LogP contribution in [-0.4, -0.2) is 50.5 Å². The molecule has 0 aliphatic rings. The summed E-state index contributed by atoms with van der Waals surface area (Å²) in [5.74, 6) is -1.48. The van der Waals surface area contributed by atoms with Crippen molar-refractivity contribution >= 4 is 50.7 Å². The minimum absolute atomic E-state index is 0.00872. The Morgan fingerprint density at radius 3 is 2.24 bits per heavy atom. The second-order valence-electron chi connectivity index (χ2n) is 7.73. The first-order valence-corrected chi connectivity index (χ1v) is 13.3. The van der Waals surface area contributed by atoms with Gasteiger partial charge in [-0.2, -0.15) is 0 Å². The molecule has 2 aromatic rings. The van der Waals surface area contributed by atoms with Gasteiger partial charge in [0.25, 0.3) is 0 Å². The molecule has 2 aromatic carbocycles. The summed E-state index contributed by atoms with van der Waals surface area (Å²) < 4.78 is 39.2. The molecule has 0 bridgehead atoms. The molecule has 0 spiro atoms. The number of hydrogen-bond donors (Lipinski definition) is 1. The van der Waals surface area contributed by atoms with Gasteiger partial charge in [0.2, 0.25) is 21.8 Å². The predicted octanol–water partition coefficient (Wildman–Crippen LogP) is 4.23. The van der Waals surface area contributed by atoms with Gasteiger partial charge in [-0.15, -0.1) is 0 Å². The second kappa shape index (κ2) is 12.4. The van der Waals surface area contributed by atoms with Crippen LogP contribution >= 0.6 is 23.2 Å². The zero-order valence-corrected chi connectivity index (χ0v) is 21.6. The first-order chi connectivity index (χ1) is 16.0. The summed E-state index contributed by atoms with van der Waals surface area (Å²) in [7, 11) is -3.89. The van der Waals surface area contributed by atoms with Gasteiger partial charge in [-0.25, -0.2) is 12.8 Å². The molecule has 2 rings (SSSR count). The standard InChI is InChI=1S/C23H28Cl2FN3O4S/c1-4-12-27-23(31)21(5-2)28(14-16-6-11-19(24)20(25)13-16)22(30)15-29(34(3,32)33)18-9-7-17(26)8-10-18/h6-11,13,21H,4-5,12,14-15H2,1-3H3,(H,27,31)/t21-/m1/s1. The Balaban J connectivity index is 2.43. The highest BCUT2D eigenvalue weighted by molar-refractivity contribution is 7.92. The van der Waals surface area contributed by atoms with Crippen molar-refractivity contribution in [2.75, 3.05) is 23.7 Å². The Morgan fingerprint density at radius 2 is 1.71 bits per heavy atom. The zero-order chi connectivity index (χ0) is 25.5. The van der Waals surface area contributed by atoms with Gasteiger partial charge in [0.05, 0.1) is 22.0 Å². The molecule has 0 heterocycles. The maximum Gasteiger partial charge on any atom is 0.244 e. The van der Waals surface area contributed by atoms with Crippen LogP contribution < -0.4 is 9.62 Å². The fraction of sp³-hybridized carbons (Fsp3) is 0.391. The number of halogens is 3. The van der Waals surface area contributed by atoms with Crippen molar-refractivity contribution in [2.24, 2.45) is 0 Å². The Bertz CT molecular complexity index is 1110. The van der Waals surface area contributed by atoms with Crippen LogP contribution in [0.5, 0.6) is 0 Å². The average molecular weight is 532 g/mol. The van der Waals surface area contributed by atoms with Gasteiger partial charge in [0, 0.05) is 13.1 Å². The SMILES string of the molecule is CCCNC(=O)[C@@H](CC)N(Cc1ccc(Cl)c(Cl)c1)C(=O)CN(c1ccc(F)cc1)S(C)(=O)=O. The van der Waals surface area contributed by atoms with E-state index in [1.807, 2.05) is 6.92 Å². The van der Waals surface area contributed by atoms with Crippen LogP contribution in [0.25, 0.3) is 0 Å². The van der Waals surface area contributed by atoms with E-state index >= 15 is 0 Å². The maximum absolute atomic E-state index is 13.5.